The van der Waals surface area contributed by atoms with Gasteiger partial charge < -0.3 is 15.0 Å². The lowest BCUT2D eigenvalue weighted by atomic mass is 9.87. The van der Waals surface area contributed by atoms with Crippen LogP contribution in [0, 0.1) is 5.92 Å². The van der Waals surface area contributed by atoms with E-state index >= 15 is 0 Å². The number of carbonyl (C=O) groups is 2. The highest BCUT2D eigenvalue weighted by molar-refractivity contribution is 7.98. The highest BCUT2D eigenvalue weighted by atomic mass is 32.2. The van der Waals surface area contributed by atoms with E-state index in [1.807, 2.05) is 69.5 Å². The van der Waals surface area contributed by atoms with Gasteiger partial charge in [0.15, 0.2) is 0 Å². The Balaban J connectivity index is 1.63. The number of hydrogen-bond acceptors (Lipinski definition) is 4. The van der Waals surface area contributed by atoms with E-state index in [0.29, 0.717) is 24.6 Å². The molecule has 5 nitrogen and oxygen atoms in total. The first kappa shape index (κ1) is 24.2. The van der Waals surface area contributed by atoms with Crippen LogP contribution in [0.3, 0.4) is 0 Å². The Bertz CT molecular complexity index is 886. The molecule has 0 radical (unpaired) electrons. The molecule has 3 rings (SSSR count). The number of thioether (sulfide) groups is 1. The number of hydrogen-bond donors (Lipinski definition) is 1. The molecule has 1 saturated heterocycles. The van der Waals surface area contributed by atoms with Gasteiger partial charge in [-0.3, -0.25) is 4.79 Å². The number of amides is 2. The predicted molar refractivity (Wildman–Crippen MR) is 130 cm³/mol. The largest absolute Gasteiger partial charge is 0.444 e. The van der Waals surface area contributed by atoms with Crippen molar-refractivity contribution in [1.29, 1.82) is 0 Å². The van der Waals surface area contributed by atoms with Crippen molar-refractivity contribution in [2.24, 2.45) is 5.92 Å². The molecule has 1 unspecified atom stereocenters. The third-order valence-electron chi connectivity index (χ3n) is 5.69. The molecule has 0 aromatic heterocycles. The smallest absolute Gasteiger partial charge is 0.410 e. The molecule has 2 aromatic carbocycles. The zero-order valence-electron chi connectivity index (χ0n) is 19.5. The van der Waals surface area contributed by atoms with Gasteiger partial charge in [0.1, 0.15) is 5.60 Å². The molecule has 1 fully saturated rings. The summed E-state index contributed by atoms with van der Waals surface area (Å²) in [6.07, 6.45) is 4.44. The van der Waals surface area contributed by atoms with Crippen LogP contribution in [0.2, 0.25) is 0 Å². The maximum absolute atomic E-state index is 13.0. The van der Waals surface area contributed by atoms with E-state index < -0.39 is 5.60 Å². The number of nitrogens with zero attached hydrogens (tertiary/aromatic N) is 1. The van der Waals surface area contributed by atoms with Gasteiger partial charge in [0.05, 0.1) is 6.04 Å². The van der Waals surface area contributed by atoms with Gasteiger partial charge in [0.25, 0.3) is 5.91 Å². The molecule has 2 amide bonds. The van der Waals surface area contributed by atoms with E-state index in [1.165, 1.54) is 0 Å². The number of ether oxygens (including phenoxy) is 1. The lowest BCUT2D eigenvalue weighted by Gasteiger charge is -2.35. The molecule has 0 aliphatic carbocycles. The maximum atomic E-state index is 13.0. The average molecular weight is 455 g/mol. The van der Waals surface area contributed by atoms with Crippen LogP contribution >= 0.6 is 11.8 Å². The van der Waals surface area contributed by atoms with Gasteiger partial charge in [-0.05, 0) is 82.0 Å². The quantitative estimate of drug-likeness (QED) is 0.551. The van der Waals surface area contributed by atoms with Crippen LogP contribution < -0.4 is 5.32 Å². The Morgan fingerprint density at radius 2 is 1.69 bits per heavy atom. The second kappa shape index (κ2) is 10.9. The monoisotopic (exact) mass is 454 g/mol. The summed E-state index contributed by atoms with van der Waals surface area (Å²) in [5, 5.41) is 3.25. The first-order chi connectivity index (χ1) is 15.2. The molecule has 1 atom stereocenters. The van der Waals surface area contributed by atoms with Crippen molar-refractivity contribution in [1.82, 2.24) is 10.2 Å². The van der Waals surface area contributed by atoms with Crippen LogP contribution in [0.5, 0.6) is 0 Å². The van der Waals surface area contributed by atoms with Crippen LogP contribution in [0.4, 0.5) is 4.79 Å². The average Bonchev–Trinajstić information content (AvgIpc) is 2.78. The number of nitrogens with one attached hydrogen (secondary N) is 1. The Kier molecular flexibility index (Phi) is 8.24. The first-order valence-corrected chi connectivity index (χ1v) is 12.5. The summed E-state index contributed by atoms with van der Waals surface area (Å²) in [6, 6.07) is 17.8. The highest BCUT2D eigenvalue weighted by Gasteiger charge is 2.29. The zero-order chi connectivity index (χ0) is 23.1. The van der Waals surface area contributed by atoms with Crippen molar-refractivity contribution >= 4 is 23.8 Å². The minimum absolute atomic E-state index is 0.0577. The topological polar surface area (TPSA) is 58.6 Å². The summed E-state index contributed by atoms with van der Waals surface area (Å²) in [6.45, 7) is 7.04. The van der Waals surface area contributed by atoms with Crippen LogP contribution in [-0.2, 0) is 4.74 Å². The van der Waals surface area contributed by atoms with E-state index in [4.69, 9.17) is 4.74 Å². The zero-order valence-corrected chi connectivity index (χ0v) is 20.3. The van der Waals surface area contributed by atoms with Gasteiger partial charge in [-0.15, -0.1) is 11.8 Å². The van der Waals surface area contributed by atoms with Gasteiger partial charge >= 0.3 is 6.09 Å². The molecule has 1 aliphatic heterocycles. The maximum Gasteiger partial charge on any atom is 0.410 e. The second-order valence-electron chi connectivity index (χ2n) is 9.31. The SMILES string of the molecule is CSc1ccc(C(=O)NC(CC2CCN(C(=O)OC(C)(C)C)CC2)c2ccccc2)cc1. The molecule has 6 heteroatoms. The minimum Gasteiger partial charge on any atom is -0.444 e. The molecule has 0 bridgehead atoms. The molecule has 1 heterocycles. The van der Waals surface area contributed by atoms with Gasteiger partial charge in [0.2, 0.25) is 0 Å². The van der Waals surface area contributed by atoms with Crippen molar-refractivity contribution in [3.8, 4) is 0 Å². The summed E-state index contributed by atoms with van der Waals surface area (Å²) in [4.78, 5) is 28.2. The fraction of sp³-hybridized carbons (Fsp3) is 0.462. The van der Waals surface area contributed by atoms with Crippen LogP contribution in [0.25, 0.3) is 0 Å². The van der Waals surface area contributed by atoms with E-state index in [-0.39, 0.29) is 18.0 Å². The molecule has 0 saturated carbocycles. The van der Waals surface area contributed by atoms with Crippen molar-refractivity contribution in [3.05, 3.63) is 65.7 Å². The van der Waals surface area contributed by atoms with Crippen LogP contribution in [0.1, 0.15) is 62.0 Å². The standard InChI is InChI=1S/C26H34N2O3S/c1-26(2,3)31-25(30)28-16-14-19(15-17-28)18-23(20-8-6-5-7-9-20)27-24(29)21-10-12-22(32-4)13-11-21/h5-13,19,23H,14-18H2,1-4H3,(H,27,29). The third kappa shape index (κ3) is 7.02. The van der Waals surface area contributed by atoms with Gasteiger partial charge in [-0.25, -0.2) is 4.79 Å². The second-order valence-corrected chi connectivity index (χ2v) is 10.2. The molecular weight excluding hydrogens is 420 g/mol. The molecule has 1 aliphatic rings. The summed E-state index contributed by atoms with van der Waals surface area (Å²) >= 11 is 1.66. The van der Waals surface area contributed by atoms with Gasteiger partial charge in [-0.2, -0.15) is 0 Å². The van der Waals surface area contributed by atoms with E-state index in [1.54, 1.807) is 16.7 Å². The van der Waals surface area contributed by atoms with E-state index in [9.17, 15) is 9.59 Å². The molecule has 32 heavy (non-hydrogen) atoms. The Labute approximate surface area is 195 Å². The molecule has 2 aromatic rings. The lowest BCUT2D eigenvalue weighted by Crippen LogP contribution is -2.42. The fourth-order valence-electron chi connectivity index (χ4n) is 3.96. The highest BCUT2D eigenvalue weighted by Crippen LogP contribution is 2.29. The van der Waals surface area contributed by atoms with Crippen LogP contribution in [-0.4, -0.2) is 41.8 Å². The summed E-state index contributed by atoms with van der Waals surface area (Å²) in [5.74, 6) is 0.371. The Morgan fingerprint density at radius 1 is 1.06 bits per heavy atom. The fourth-order valence-corrected chi connectivity index (χ4v) is 4.37. The van der Waals surface area contributed by atoms with Crippen molar-refractivity contribution in [2.75, 3.05) is 19.3 Å². The molecular formula is C26H34N2O3S. The predicted octanol–water partition coefficient (Wildman–Crippen LogP) is 5.92. The van der Waals surface area contributed by atoms with Crippen LogP contribution in [0.15, 0.2) is 59.5 Å². The first-order valence-electron chi connectivity index (χ1n) is 11.2. The van der Waals surface area contributed by atoms with Crippen molar-refractivity contribution in [3.63, 3.8) is 0 Å². The normalized spacial score (nSPS) is 15.8. The molecule has 0 spiro atoms. The van der Waals surface area contributed by atoms with Gasteiger partial charge in [0, 0.05) is 23.5 Å². The number of carbonyl (C=O) groups excluding carboxylic acids is 2. The Hall–Kier alpha value is -2.47. The molecule has 172 valence electrons. The summed E-state index contributed by atoms with van der Waals surface area (Å²) in [7, 11) is 0. The number of likely N-dealkylation sites (tertiary alicyclic amines) is 1. The number of rotatable bonds is 6. The van der Waals surface area contributed by atoms with Crippen molar-refractivity contribution < 1.29 is 14.3 Å². The third-order valence-corrected chi connectivity index (χ3v) is 6.44. The number of benzene rings is 2. The Morgan fingerprint density at radius 3 is 2.25 bits per heavy atom. The number of piperidine rings is 1. The summed E-state index contributed by atoms with van der Waals surface area (Å²) < 4.78 is 5.51. The van der Waals surface area contributed by atoms with Gasteiger partial charge in [-0.1, -0.05) is 30.3 Å². The lowest BCUT2D eigenvalue weighted by molar-refractivity contribution is 0.0178. The summed E-state index contributed by atoms with van der Waals surface area (Å²) in [5.41, 5.74) is 1.30. The van der Waals surface area contributed by atoms with Crippen molar-refractivity contribution in [2.45, 2.75) is 56.6 Å². The molecule has 1 N–H and O–H groups in total. The van der Waals surface area contributed by atoms with E-state index in [0.717, 1.165) is 29.7 Å². The van der Waals surface area contributed by atoms with E-state index in [2.05, 4.69) is 17.4 Å². The minimum atomic E-state index is -0.482.